The van der Waals surface area contributed by atoms with Crippen LogP contribution in [-0.4, -0.2) is 48.6 Å². The average Bonchev–Trinajstić information content (AvgIpc) is 2.68. The van der Waals surface area contributed by atoms with Crippen LogP contribution in [0.1, 0.15) is 19.4 Å². The molecule has 1 N–H and O–H groups in total. The van der Waals surface area contributed by atoms with Gasteiger partial charge in [-0.1, -0.05) is 73.4 Å². The van der Waals surface area contributed by atoms with E-state index < -0.39 is 39.7 Å². The van der Waals surface area contributed by atoms with Crippen molar-refractivity contribution in [3.63, 3.8) is 0 Å². The third-order valence-electron chi connectivity index (χ3n) is 3.96. The molecule has 2 aromatic rings. The lowest BCUT2D eigenvalue weighted by Gasteiger charge is -2.25. The molecule has 0 heterocycles. The predicted molar refractivity (Wildman–Crippen MR) is 121 cm³/mol. The monoisotopic (exact) mass is 489 g/mol. The Morgan fingerprint density at radius 3 is 2.00 bits per heavy atom. The number of halogens is 2. The summed E-state index contributed by atoms with van der Waals surface area (Å²) in [5.41, 5.74) is 0.854. The molecule has 1 amide bonds. The van der Waals surface area contributed by atoms with E-state index in [0.717, 1.165) is 12.6 Å². The molecule has 2 aromatic carbocycles. The Morgan fingerprint density at radius 2 is 1.58 bits per heavy atom. The van der Waals surface area contributed by atoms with Crippen LogP contribution < -0.4 is 0 Å². The number of carbonyl (C=O) groups is 2. The van der Waals surface area contributed by atoms with Crippen LogP contribution >= 0.6 is 23.2 Å². The lowest BCUT2D eigenvalue weighted by Crippen LogP contribution is -2.49. The number of hydrogen-bond acceptors (Lipinski definition) is 5. The Bertz CT molecular complexity index is 950. The van der Waals surface area contributed by atoms with E-state index in [1.54, 1.807) is 18.2 Å². The van der Waals surface area contributed by atoms with Gasteiger partial charge in [0.1, 0.15) is 6.61 Å². The van der Waals surface area contributed by atoms with Gasteiger partial charge < -0.3 is 9.64 Å². The van der Waals surface area contributed by atoms with Gasteiger partial charge in [0.25, 0.3) is 10.1 Å². The highest BCUT2D eigenvalue weighted by Crippen LogP contribution is 2.14. The van der Waals surface area contributed by atoms with E-state index in [-0.39, 0.29) is 6.61 Å². The van der Waals surface area contributed by atoms with Crippen molar-refractivity contribution in [1.82, 2.24) is 4.90 Å². The third-order valence-corrected chi connectivity index (χ3v) is 5.55. The highest BCUT2D eigenvalue weighted by Gasteiger charge is 2.38. The van der Waals surface area contributed by atoms with Gasteiger partial charge in [-0.25, -0.2) is 0 Å². The standard InChI is InChI=1S/C15H21NO6S.C6H4Cl2/c1-11(2)14(18)15(23(19,20)21)16(3)13(17)10-22-9-12-7-5-4-6-8-12;7-5-2-1-3-6(8)4-5/h4-8,11,15H,9-10H2,1-3H3,(H,19,20,21);1-4H. The topological polar surface area (TPSA) is 101 Å². The van der Waals surface area contributed by atoms with Crippen LogP contribution in [0.3, 0.4) is 0 Å². The van der Waals surface area contributed by atoms with Crippen molar-refractivity contribution in [2.75, 3.05) is 13.7 Å². The largest absolute Gasteiger partial charge is 0.367 e. The summed E-state index contributed by atoms with van der Waals surface area (Å²) < 4.78 is 37.3. The molecule has 0 aliphatic carbocycles. The summed E-state index contributed by atoms with van der Waals surface area (Å²) >= 11 is 11.1. The van der Waals surface area contributed by atoms with Gasteiger partial charge in [-0.2, -0.15) is 8.42 Å². The number of likely N-dealkylation sites (N-methyl/N-ethyl adjacent to an activating group) is 1. The maximum atomic E-state index is 12.0. The summed E-state index contributed by atoms with van der Waals surface area (Å²) in [6, 6.07) is 16.2. The van der Waals surface area contributed by atoms with Gasteiger partial charge in [0, 0.05) is 23.0 Å². The molecule has 0 spiro atoms. The molecule has 170 valence electrons. The molecule has 0 aliphatic rings. The highest BCUT2D eigenvalue weighted by atomic mass is 35.5. The number of ether oxygens (including phenoxy) is 1. The number of carbonyl (C=O) groups excluding carboxylic acids is 2. The zero-order valence-electron chi connectivity index (χ0n) is 17.4. The molecule has 1 atom stereocenters. The van der Waals surface area contributed by atoms with E-state index in [4.69, 9.17) is 27.9 Å². The summed E-state index contributed by atoms with van der Waals surface area (Å²) in [5, 5.41) is -0.565. The SMILES string of the molecule is CC(C)C(=O)C(N(C)C(=O)COCc1ccccc1)S(=O)(=O)O.Clc1cccc(Cl)c1. The first-order valence-corrected chi connectivity index (χ1v) is 11.5. The van der Waals surface area contributed by atoms with Crippen molar-refractivity contribution in [3.8, 4) is 0 Å². The molecule has 10 heteroatoms. The van der Waals surface area contributed by atoms with Gasteiger partial charge in [-0.05, 0) is 23.8 Å². The van der Waals surface area contributed by atoms with Crippen LogP contribution in [0.4, 0.5) is 0 Å². The summed E-state index contributed by atoms with van der Waals surface area (Å²) in [7, 11) is -3.58. The summed E-state index contributed by atoms with van der Waals surface area (Å²) in [5.74, 6) is -2.12. The molecule has 0 saturated heterocycles. The zero-order chi connectivity index (χ0) is 23.6. The van der Waals surface area contributed by atoms with Crippen molar-refractivity contribution in [2.45, 2.75) is 25.8 Å². The van der Waals surface area contributed by atoms with E-state index in [2.05, 4.69) is 0 Å². The fourth-order valence-corrected chi connectivity index (χ4v) is 3.86. The minimum absolute atomic E-state index is 0.176. The van der Waals surface area contributed by atoms with Crippen LogP contribution in [0.5, 0.6) is 0 Å². The summed E-state index contributed by atoms with van der Waals surface area (Å²) in [4.78, 5) is 24.7. The molecule has 0 aliphatic heterocycles. The van der Waals surface area contributed by atoms with E-state index >= 15 is 0 Å². The van der Waals surface area contributed by atoms with E-state index in [1.165, 1.54) is 13.8 Å². The second kappa shape index (κ2) is 12.8. The Hall–Kier alpha value is -1.97. The molecule has 2 rings (SSSR count). The zero-order valence-corrected chi connectivity index (χ0v) is 19.7. The fraction of sp³-hybridized carbons (Fsp3) is 0.333. The second-order valence-electron chi connectivity index (χ2n) is 6.85. The maximum absolute atomic E-state index is 12.0. The van der Waals surface area contributed by atoms with Crippen molar-refractivity contribution in [1.29, 1.82) is 0 Å². The number of rotatable bonds is 8. The number of amides is 1. The molecule has 7 nitrogen and oxygen atoms in total. The Kier molecular flexibility index (Phi) is 11.2. The van der Waals surface area contributed by atoms with Crippen LogP contribution in [0.25, 0.3) is 0 Å². The smallest absolute Gasteiger partial charge is 0.293 e. The van der Waals surface area contributed by atoms with Crippen LogP contribution in [0, 0.1) is 5.92 Å². The Morgan fingerprint density at radius 1 is 1.03 bits per heavy atom. The van der Waals surface area contributed by atoms with Gasteiger partial charge in [0.15, 0.2) is 5.78 Å². The van der Waals surface area contributed by atoms with E-state index in [1.807, 2.05) is 36.4 Å². The third kappa shape index (κ3) is 9.80. The minimum Gasteiger partial charge on any atom is -0.367 e. The number of hydrogen-bond donors (Lipinski definition) is 1. The molecule has 31 heavy (non-hydrogen) atoms. The maximum Gasteiger partial charge on any atom is 0.293 e. The molecule has 0 fully saturated rings. The van der Waals surface area contributed by atoms with Gasteiger partial charge in [0.05, 0.1) is 6.61 Å². The molecule has 0 saturated carbocycles. The van der Waals surface area contributed by atoms with Gasteiger partial charge in [-0.15, -0.1) is 0 Å². The molecule has 1 unspecified atom stereocenters. The van der Waals surface area contributed by atoms with Crippen molar-refractivity contribution in [2.24, 2.45) is 5.92 Å². The van der Waals surface area contributed by atoms with Gasteiger partial charge >= 0.3 is 0 Å². The highest BCUT2D eigenvalue weighted by molar-refractivity contribution is 7.87. The normalized spacial score (nSPS) is 12.0. The van der Waals surface area contributed by atoms with Gasteiger partial charge in [0.2, 0.25) is 11.3 Å². The molecular formula is C21H25Cl2NO6S. The summed E-state index contributed by atoms with van der Waals surface area (Å²) in [6.45, 7) is 2.76. The van der Waals surface area contributed by atoms with E-state index in [0.29, 0.717) is 14.9 Å². The quantitative estimate of drug-likeness (QED) is 0.560. The predicted octanol–water partition coefficient (Wildman–Crippen LogP) is 4.09. The minimum atomic E-state index is -4.73. The second-order valence-corrected chi connectivity index (χ2v) is 9.20. The Labute approximate surface area is 192 Å². The lowest BCUT2D eigenvalue weighted by molar-refractivity contribution is -0.140. The van der Waals surface area contributed by atoms with E-state index in [9.17, 15) is 22.6 Å². The summed E-state index contributed by atoms with van der Waals surface area (Å²) in [6.07, 6.45) is 0. The average molecular weight is 490 g/mol. The number of ketones is 1. The van der Waals surface area contributed by atoms with Crippen molar-refractivity contribution in [3.05, 3.63) is 70.2 Å². The molecule has 0 bridgehead atoms. The lowest BCUT2D eigenvalue weighted by atomic mass is 10.1. The van der Waals surface area contributed by atoms with Crippen LogP contribution in [-0.2, 0) is 31.1 Å². The Balaban J connectivity index is 0.000000500. The molecular weight excluding hydrogens is 465 g/mol. The molecule has 0 aromatic heterocycles. The van der Waals surface area contributed by atoms with Crippen molar-refractivity contribution >= 4 is 45.0 Å². The van der Waals surface area contributed by atoms with Crippen LogP contribution in [0.15, 0.2) is 54.6 Å². The first-order valence-electron chi connectivity index (χ1n) is 9.22. The first-order chi connectivity index (χ1) is 14.4. The van der Waals surface area contributed by atoms with Crippen molar-refractivity contribution < 1.29 is 27.3 Å². The number of nitrogens with zero attached hydrogens (tertiary/aromatic N) is 1. The fourth-order valence-electron chi connectivity index (χ4n) is 2.35. The van der Waals surface area contributed by atoms with Crippen LogP contribution in [0.2, 0.25) is 10.0 Å². The number of benzene rings is 2. The number of Topliss-reactive ketones (excluding diaryl/α,β-unsaturated/α-hetero) is 1. The van der Waals surface area contributed by atoms with Gasteiger partial charge in [-0.3, -0.25) is 14.1 Å². The first kappa shape index (κ1) is 27.1. The molecule has 0 radical (unpaired) electrons.